The average molecular weight is 372 g/mol. The molecule has 0 unspecified atom stereocenters. The standard InChI is InChI=1S/C10H12Br2O3S/c1-2-16(14,15)10(12)9(13)7-3-5-8(11)6-4-7/h3-6,9-10,13H,2H2,1H3/t9-,10-/m0/s1. The van der Waals surface area contributed by atoms with Crippen molar-refractivity contribution in [1.29, 1.82) is 0 Å². The van der Waals surface area contributed by atoms with Crippen LogP contribution in [-0.2, 0) is 9.84 Å². The average Bonchev–Trinajstić information content (AvgIpc) is 2.28. The molecular weight excluding hydrogens is 360 g/mol. The third-order valence-electron chi connectivity index (χ3n) is 2.21. The Morgan fingerprint density at radius 2 is 1.81 bits per heavy atom. The molecule has 0 fully saturated rings. The van der Waals surface area contributed by atoms with E-state index in [0.29, 0.717) is 5.56 Å². The zero-order valence-corrected chi connectivity index (χ0v) is 12.6. The Morgan fingerprint density at radius 1 is 1.31 bits per heavy atom. The number of sulfone groups is 1. The number of aliphatic hydroxyl groups is 1. The Kier molecular flexibility index (Phi) is 4.97. The van der Waals surface area contributed by atoms with E-state index < -0.39 is 20.1 Å². The number of benzene rings is 1. The SMILES string of the molecule is CCS(=O)(=O)[C@H](Br)[C@@H](O)c1ccc(Br)cc1. The summed E-state index contributed by atoms with van der Waals surface area (Å²) in [5.74, 6) is -0.00347. The molecule has 0 spiro atoms. The molecule has 1 N–H and O–H groups in total. The smallest absolute Gasteiger partial charge is 0.165 e. The quantitative estimate of drug-likeness (QED) is 0.827. The third kappa shape index (κ3) is 3.29. The van der Waals surface area contributed by atoms with Crippen LogP contribution in [0.5, 0.6) is 0 Å². The fourth-order valence-corrected chi connectivity index (χ4v) is 3.40. The molecule has 90 valence electrons. The van der Waals surface area contributed by atoms with Crippen LogP contribution < -0.4 is 0 Å². The molecule has 0 bridgehead atoms. The molecule has 0 aliphatic rings. The second-order valence-electron chi connectivity index (χ2n) is 3.30. The van der Waals surface area contributed by atoms with E-state index in [4.69, 9.17) is 0 Å². The van der Waals surface area contributed by atoms with Crippen molar-refractivity contribution in [3.05, 3.63) is 34.3 Å². The van der Waals surface area contributed by atoms with E-state index in [2.05, 4.69) is 31.9 Å². The van der Waals surface area contributed by atoms with Gasteiger partial charge in [-0.2, -0.15) is 0 Å². The highest BCUT2D eigenvalue weighted by Gasteiger charge is 2.29. The summed E-state index contributed by atoms with van der Waals surface area (Å²) >= 11 is 6.30. The lowest BCUT2D eigenvalue weighted by molar-refractivity contribution is 0.195. The van der Waals surface area contributed by atoms with Crippen LogP contribution in [-0.4, -0.2) is 23.4 Å². The van der Waals surface area contributed by atoms with Gasteiger partial charge in [-0.05, 0) is 17.7 Å². The number of hydrogen-bond donors (Lipinski definition) is 1. The van der Waals surface area contributed by atoms with E-state index in [0.717, 1.165) is 4.47 Å². The summed E-state index contributed by atoms with van der Waals surface area (Å²) in [5, 5.41) is 9.91. The number of aliphatic hydroxyl groups excluding tert-OH is 1. The highest BCUT2D eigenvalue weighted by atomic mass is 79.9. The first-order valence-electron chi connectivity index (χ1n) is 4.67. The van der Waals surface area contributed by atoms with Crippen LogP contribution in [0, 0.1) is 0 Å². The van der Waals surface area contributed by atoms with Gasteiger partial charge in [-0.25, -0.2) is 8.42 Å². The van der Waals surface area contributed by atoms with Crippen LogP contribution in [0.25, 0.3) is 0 Å². The van der Waals surface area contributed by atoms with Crippen molar-refractivity contribution >= 4 is 41.7 Å². The van der Waals surface area contributed by atoms with Gasteiger partial charge >= 0.3 is 0 Å². The van der Waals surface area contributed by atoms with E-state index in [1.807, 2.05) is 0 Å². The van der Waals surface area contributed by atoms with Crippen LogP contribution in [0.4, 0.5) is 0 Å². The molecule has 16 heavy (non-hydrogen) atoms. The molecule has 2 atom stereocenters. The van der Waals surface area contributed by atoms with Crippen LogP contribution in [0.2, 0.25) is 0 Å². The zero-order valence-electron chi connectivity index (χ0n) is 8.60. The van der Waals surface area contributed by atoms with Gasteiger partial charge in [0.15, 0.2) is 9.84 Å². The Hall–Kier alpha value is 0.0900. The molecule has 0 saturated heterocycles. The maximum absolute atomic E-state index is 11.6. The van der Waals surface area contributed by atoms with E-state index in [1.54, 1.807) is 31.2 Å². The van der Waals surface area contributed by atoms with Crippen LogP contribution in [0.1, 0.15) is 18.6 Å². The summed E-state index contributed by atoms with van der Waals surface area (Å²) in [4.78, 5) is 0. The minimum atomic E-state index is -3.30. The summed E-state index contributed by atoms with van der Waals surface area (Å²) in [6.45, 7) is 1.55. The van der Waals surface area contributed by atoms with Crippen molar-refractivity contribution in [2.24, 2.45) is 0 Å². The Morgan fingerprint density at radius 3 is 2.25 bits per heavy atom. The molecule has 0 heterocycles. The van der Waals surface area contributed by atoms with Crippen molar-refractivity contribution in [2.75, 3.05) is 5.75 Å². The third-order valence-corrected chi connectivity index (χ3v) is 6.69. The van der Waals surface area contributed by atoms with E-state index in [9.17, 15) is 13.5 Å². The second-order valence-corrected chi connectivity index (χ2v) is 8.22. The zero-order chi connectivity index (χ0) is 12.3. The predicted molar refractivity (Wildman–Crippen MR) is 71.3 cm³/mol. The van der Waals surface area contributed by atoms with E-state index in [1.165, 1.54) is 0 Å². The van der Waals surface area contributed by atoms with Gasteiger partial charge in [0.1, 0.15) is 10.3 Å². The van der Waals surface area contributed by atoms with Crippen LogP contribution in [0.15, 0.2) is 28.7 Å². The van der Waals surface area contributed by atoms with Gasteiger partial charge in [0.2, 0.25) is 0 Å². The lowest BCUT2D eigenvalue weighted by atomic mass is 10.1. The predicted octanol–water partition coefficient (Wildman–Crippen LogP) is 2.64. The van der Waals surface area contributed by atoms with Gasteiger partial charge in [0, 0.05) is 10.2 Å². The molecule has 1 aromatic carbocycles. The first-order chi connectivity index (χ1) is 7.38. The molecule has 0 aliphatic carbocycles. The first kappa shape index (κ1) is 14.2. The number of alkyl halides is 1. The Bertz CT molecular complexity index is 442. The van der Waals surface area contributed by atoms with Crippen molar-refractivity contribution < 1.29 is 13.5 Å². The molecule has 1 aromatic rings. The van der Waals surface area contributed by atoms with E-state index in [-0.39, 0.29) is 5.75 Å². The maximum atomic E-state index is 11.6. The fraction of sp³-hybridized carbons (Fsp3) is 0.400. The highest BCUT2D eigenvalue weighted by molar-refractivity contribution is 9.11. The molecule has 0 aromatic heterocycles. The van der Waals surface area contributed by atoms with Gasteiger partial charge in [-0.3, -0.25) is 0 Å². The van der Waals surface area contributed by atoms with Gasteiger partial charge in [-0.15, -0.1) is 0 Å². The minimum Gasteiger partial charge on any atom is -0.386 e. The van der Waals surface area contributed by atoms with Gasteiger partial charge in [0.05, 0.1) is 0 Å². The summed E-state index contributed by atoms with van der Waals surface area (Å²) < 4.78 is 23.0. The number of hydrogen-bond acceptors (Lipinski definition) is 3. The normalized spacial score (nSPS) is 15.8. The fourth-order valence-electron chi connectivity index (χ4n) is 1.17. The van der Waals surface area contributed by atoms with Crippen molar-refractivity contribution in [3.63, 3.8) is 0 Å². The van der Waals surface area contributed by atoms with E-state index >= 15 is 0 Å². The van der Waals surface area contributed by atoms with Crippen LogP contribution in [0.3, 0.4) is 0 Å². The van der Waals surface area contributed by atoms with Gasteiger partial charge < -0.3 is 5.11 Å². The second kappa shape index (κ2) is 5.62. The molecule has 0 amide bonds. The number of rotatable bonds is 4. The Balaban J connectivity index is 2.94. The van der Waals surface area contributed by atoms with Gasteiger partial charge in [-0.1, -0.05) is 50.9 Å². The van der Waals surface area contributed by atoms with Gasteiger partial charge in [0.25, 0.3) is 0 Å². The first-order valence-corrected chi connectivity index (χ1v) is 8.10. The summed E-state index contributed by atoms with van der Waals surface area (Å²) in [5.41, 5.74) is 0.571. The lowest BCUT2D eigenvalue weighted by Gasteiger charge is -2.17. The molecule has 0 radical (unpaired) electrons. The summed E-state index contributed by atoms with van der Waals surface area (Å²) in [6, 6.07) is 6.90. The molecule has 0 saturated carbocycles. The largest absolute Gasteiger partial charge is 0.386 e. The highest BCUT2D eigenvalue weighted by Crippen LogP contribution is 2.28. The molecule has 6 heteroatoms. The lowest BCUT2D eigenvalue weighted by Crippen LogP contribution is -2.24. The molecular formula is C10H12Br2O3S. The Labute approximate surface area is 112 Å². The molecule has 1 rings (SSSR count). The van der Waals surface area contributed by atoms with Crippen molar-refractivity contribution in [1.82, 2.24) is 0 Å². The maximum Gasteiger partial charge on any atom is 0.165 e. The van der Waals surface area contributed by atoms with Crippen molar-refractivity contribution in [3.8, 4) is 0 Å². The van der Waals surface area contributed by atoms with Crippen molar-refractivity contribution in [2.45, 2.75) is 17.2 Å². The minimum absolute atomic E-state index is 0.00347. The monoisotopic (exact) mass is 370 g/mol. The topological polar surface area (TPSA) is 54.4 Å². The molecule has 0 aliphatic heterocycles. The number of halogens is 2. The molecule has 3 nitrogen and oxygen atoms in total. The van der Waals surface area contributed by atoms with Crippen LogP contribution >= 0.6 is 31.9 Å². The summed E-state index contributed by atoms with van der Waals surface area (Å²) in [6.07, 6.45) is -1.06. The summed E-state index contributed by atoms with van der Waals surface area (Å²) in [7, 11) is -3.30.